The summed E-state index contributed by atoms with van der Waals surface area (Å²) in [6, 6.07) is 23.3. The lowest BCUT2D eigenvalue weighted by atomic mass is 10.1. The number of ether oxygens (including phenoxy) is 5. The zero-order chi connectivity index (χ0) is 39.6. The molecule has 0 fully saturated rings. The first-order valence-electron chi connectivity index (χ1n) is 19.4. The summed E-state index contributed by atoms with van der Waals surface area (Å²) in [5.41, 5.74) is 7.65. The minimum Gasteiger partial charge on any atom is -0.493 e. The van der Waals surface area contributed by atoms with Crippen LogP contribution in [0.25, 0.3) is 5.70 Å². The molecule has 0 bridgehead atoms. The van der Waals surface area contributed by atoms with Crippen LogP contribution in [0.3, 0.4) is 0 Å². The molecule has 2 amide bonds. The molecule has 4 aromatic rings. The van der Waals surface area contributed by atoms with E-state index in [-0.39, 0.29) is 43.3 Å². The lowest BCUT2D eigenvalue weighted by Gasteiger charge is -2.27. The normalized spacial score (nSPS) is 17.4. The highest BCUT2D eigenvalue weighted by Crippen LogP contribution is 2.46. The molecular weight excluding hydrogens is 725 g/mol. The van der Waals surface area contributed by atoms with Crippen LogP contribution >= 0.6 is 0 Å². The van der Waals surface area contributed by atoms with Gasteiger partial charge < -0.3 is 38.4 Å². The van der Waals surface area contributed by atoms with Gasteiger partial charge >= 0.3 is 5.97 Å². The molecule has 4 aromatic carbocycles. The fraction of sp³-hybridized carbons (Fsp3) is 0.333. The number of hydrogen-bond donors (Lipinski definition) is 0. The Morgan fingerprint density at radius 3 is 2.05 bits per heavy atom. The third-order valence-corrected chi connectivity index (χ3v) is 11.1. The molecule has 4 aliphatic rings. The maximum absolute atomic E-state index is 14.2. The summed E-state index contributed by atoms with van der Waals surface area (Å²) in [5.74, 6) is 1.09. The Balaban J connectivity index is 0.919. The molecule has 0 saturated carbocycles. The van der Waals surface area contributed by atoms with E-state index in [1.807, 2.05) is 48.7 Å². The second kappa shape index (κ2) is 16.0. The predicted molar refractivity (Wildman–Crippen MR) is 219 cm³/mol. The third-order valence-electron chi connectivity index (χ3n) is 11.1. The summed E-state index contributed by atoms with van der Waals surface area (Å²) in [6.45, 7) is 5.57. The van der Waals surface area contributed by atoms with E-state index < -0.39 is 5.97 Å². The molecule has 0 spiro atoms. The minimum atomic E-state index is -0.474. The smallest absolute Gasteiger partial charge is 0.306 e. The van der Waals surface area contributed by atoms with Gasteiger partial charge in [0.25, 0.3) is 5.91 Å². The highest BCUT2D eigenvalue weighted by atomic mass is 16.5. The molecule has 294 valence electrons. The molecule has 4 aliphatic heterocycles. The number of benzene rings is 4. The second-order valence-corrected chi connectivity index (χ2v) is 14.5. The lowest BCUT2D eigenvalue weighted by Crippen LogP contribution is -2.44. The first kappa shape index (κ1) is 37.6. The van der Waals surface area contributed by atoms with Gasteiger partial charge in [-0.1, -0.05) is 43.0 Å². The number of fused-ring (bicyclic) bond motifs is 8. The van der Waals surface area contributed by atoms with Crippen molar-refractivity contribution in [1.29, 1.82) is 0 Å². The van der Waals surface area contributed by atoms with Gasteiger partial charge in [0.2, 0.25) is 5.91 Å². The number of carbonyl (C=O) groups excluding carboxylic acids is 3. The van der Waals surface area contributed by atoms with Crippen molar-refractivity contribution < 1.29 is 38.1 Å². The number of nitrogens with zero attached hydrogens (tertiary/aromatic N) is 4. The van der Waals surface area contributed by atoms with Crippen LogP contribution in [0.15, 0.2) is 84.4 Å². The monoisotopic (exact) mass is 770 g/mol. The first-order chi connectivity index (χ1) is 27.8. The zero-order valence-corrected chi connectivity index (χ0v) is 32.5. The van der Waals surface area contributed by atoms with Gasteiger partial charge in [-0.05, 0) is 61.1 Å². The number of para-hydroxylation sites is 2. The van der Waals surface area contributed by atoms with E-state index >= 15 is 0 Å². The Labute approximate surface area is 332 Å². The van der Waals surface area contributed by atoms with Gasteiger partial charge in [-0.3, -0.25) is 19.4 Å². The van der Waals surface area contributed by atoms with Crippen LogP contribution in [-0.4, -0.2) is 77.2 Å². The molecule has 8 rings (SSSR count). The molecule has 12 heteroatoms. The van der Waals surface area contributed by atoms with Crippen molar-refractivity contribution in [2.45, 2.75) is 57.0 Å². The van der Waals surface area contributed by atoms with Gasteiger partial charge in [0.05, 0.1) is 70.0 Å². The maximum atomic E-state index is 14.2. The van der Waals surface area contributed by atoms with Crippen LogP contribution < -0.4 is 33.6 Å². The average molecular weight is 771 g/mol. The number of amides is 2. The first-order valence-corrected chi connectivity index (χ1v) is 19.4. The Morgan fingerprint density at radius 2 is 1.37 bits per heavy atom. The molecule has 0 aromatic heterocycles. The van der Waals surface area contributed by atoms with Crippen LogP contribution in [0.1, 0.15) is 59.2 Å². The summed E-state index contributed by atoms with van der Waals surface area (Å²) in [5, 5.41) is 0. The van der Waals surface area contributed by atoms with Crippen molar-refractivity contribution in [3.8, 4) is 23.0 Å². The maximum Gasteiger partial charge on any atom is 0.306 e. The number of aliphatic imine (C=N–C) groups is 1. The minimum absolute atomic E-state index is 0.0574. The average Bonchev–Trinajstić information content (AvgIpc) is 3.73. The highest BCUT2D eigenvalue weighted by molar-refractivity contribution is 6.15. The van der Waals surface area contributed by atoms with Gasteiger partial charge in [0.15, 0.2) is 23.0 Å². The van der Waals surface area contributed by atoms with Gasteiger partial charge in [-0.2, -0.15) is 0 Å². The molecular formula is C45H46N4O8. The summed E-state index contributed by atoms with van der Waals surface area (Å²) < 4.78 is 28.7. The lowest BCUT2D eigenvalue weighted by molar-refractivity contribution is -0.141. The number of hydrogen-bond acceptors (Lipinski definition) is 10. The summed E-state index contributed by atoms with van der Waals surface area (Å²) in [6.07, 6.45) is 5.66. The summed E-state index contributed by atoms with van der Waals surface area (Å²) in [7, 11) is 4.46. The predicted octanol–water partition coefficient (Wildman–Crippen LogP) is 7.32. The third kappa shape index (κ3) is 7.16. The molecule has 4 heterocycles. The van der Waals surface area contributed by atoms with E-state index in [0.717, 1.165) is 59.6 Å². The van der Waals surface area contributed by atoms with E-state index in [1.165, 1.54) is 19.8 Å². The van der Waals surface area contributed by atoms with Gasteiger partial charge in [0, 0.05) is 60.4 Å². The summed E-state index contributed by atoms with van der Waals surface area (Å²) >= 11 is 0. The van der Waals surface area contributed by atoms with Crippen molar-refractivity contribution in [1.82, 2.24) is 0 Å². The second-order valence-electron chi connectivity index (χ2n) is 14.5. The Bertz CT molecular complexity index is 2270. The number of methoxy groups -OCH3 is 3. The van der Waals surface area contributed by atoms with Crippen LogP contribution in [-0.2, 0) is 27.2 Å². The highest BCUT2D eigenvalue weighted by Gasteiger charge is 2.42. The van der Waals surface area contributed by atoms with Crippen LogP contribution in [0.2, 0.25) is 0 Å². The van der Waals surface area contributed by atoms with Crippen molar-refractivity contribution in [2.75, 3.05) is 55.8 Å². The SMILES string of the molecule is C=C1c2cc(OC)c(OCCCCCOc3cc4c(cc3OC)C(=O)N3c5ccccc5C[C@H]3CN4C(=O)CCC(=O)OC)cc2N=C[C@@H]2Cc3ccccc3N12. The molecule has 0 aliphatic carbocycles. The molecule has 0 radical (unpaired) electrons. The van der Waals surface area contributed by atoms with E-state index in [2.05, 4.69) is 29.7 Å². The Hall–Kier alpha value is -6.30. The van der Waals surface area contributed by atoms with Crippen molar-refractivity contribution >= 4 is 52.4 Å². The molecule has 12 nitrogen and oxygen atoms in total. The summed E-state index contributed by atoms with van der Waals surface area (Å²) in [4.78, 5) is 50.4. The fourth-order valence-corrected chi connectivity index (χ4v) is 8.30. The molecule has 0 unspecified atom stereocenters. The van der Waals surface area contributed by atoms with Crippen molar-refractivity contribution in [2.24, 2.45) is 4.99 Å². The van der Waals surface area contributed by atoms with E-state index in [4.69, 9.17) is 28.7 Å². The quantitative estimate of drug-likeness (QED) is 0.102. The number of carbonyl (C=O) groups is 3. The van der Waals surface area contributed by atoms with Gasteiger partial charge in [-0.15, -0.1) is 0 Å². The number of rotatable bonds is 13. The molecule has 57 heavy (non-hydrogen) atoms. The fourth-order valence-electron chi connectivity index (χ4n) is 8.30. The van der Waals surface area contributed by atoms with Gasteiger partial charge in [0.1, 0.15) is 0 Å². The molecule has 0 N–H and O–H groups in total. The topological polar surface area (TPSA) is 119 Å². The molecule has 0 saturated heterocycles. The molecule has 2 atom stereocenters. The van der Waals surface area contributed by atoms with Crippen LogP contribution in [0, 0.1) is 0 Å². The Morgan fingerprint density at radius 1 is 0.737 bits per heavy atom. The largest absolute Gasteiger partial charge is 0.493 e. The van der Waals surface area contributed by atoms with Crippen LogP contribution in [0.5, 0.6) is 23.0 Å². The van der Waals surface area contributed by atoms with Crippen molar-refractivity contribution in [3.05, 3.63) is 102 Å². The number of esters is 1. The van der Waals surface area contributed by atoms with Crippen molar-refractivity contribution in [3.63, 3.8) is 0 Å². The van der Waals surface area contributed by atoms with E-state index in [1.54, 1.807) is 29.0 Å². The van der Waals surface area contributed by atoms with Crippen LogP contribution in [0.4, 0.5) is 22.7 Å². The van der Waals surface area contributed by atoms with E-state index in [0.29, 0.717) is 53.9 Å². The Kier molecular flexibility index (Phi) is 10.6. The zero-order valence-electron chi connectivity index (χ0n) is 32.5. The number of anilines is 3. The van der Waals surface area contributed by atoms with Gasteiger partial charge in [-0.25, -0.2) is 0 Å². The van der Waals surface area contributed by atoms with E-state index in [9.17, 15) is 14.4 Å². The number of unbranched alkanes of at least 4 members (excludes halogenated alkanes) is 2. The standard InChI is InChI=1S/C45H46N4O8/c1-28-33-22-39(53-2)41(24-35(33)46-26-31-20-29-12-6-8-14-36(29)48(28)31)56-18-10-5-11-19-57-42-25-38-34(23-40(42)54-3)45(52)49-32(21-30-13-7-9-15-37(30)49)27-47(38)43(50)16-17-44(51)55-4/h6-9,12-15,22-26,31-32H,1,5,10-11,16-21,27H2,2-4H3/t31-,32-/m0/s1.